The van der Waals surface area contributed by atoms with Gasteiger partial charge in [0.1, 0.15) is 11.6 Å². The number of nitrogens with zero attached hydrogens (tertiary/aromatic N) is 2. The predicted octanol–water partition coefficient (Wildman–Crippen LogP) is 2.14. The highest BCUT2D eigenvalue weighted by molar-refractivity contribution is 5.44. The molecule has 2 rings (SSSR count). The lowest BCUT2D eigenvalue weighted by molar-refractivity contribution is 0.557. The van der Waals surface area contributed by atoms with Crippen molar-refractivity contribution in [2.24, 2.45) is 7.05 Å². The molecule has 4 heteroatoms. The van der Waals surface area contributed by atoms with E-state index in [9.17, 15) is 0 Å². The third kappa shape index (κ3) is 2.74. The van der Waals surface area contributed by atoms with Crippen LogP contribution in [0.25, 0.3) is 6.08 Å². The SMILES string of the molecule is Cn1ccc(NC/C=C/c2ccco2)n1. The normalized spacial score (nSPS) is 11.0. The van der Waals surface area contributed by atoms with Gasteiger partial charge in [0.15, 0.2) is 0 Å². The van der Waals surface area contributed by atoms with Crippen molar-refractivity contribution in [2.45, 2.75) is 0 Å². The van der Waals surface area contributed by atoms with Gasteiger partial charge in [0.05, 0.1) is 6.26 Å². The molecule has 0 amide bonds. The van der Waals surface area contributed by atoms with Crippen LogP contribution in [0.1, 0.15) is 5.76 Å². The first kappa shape index (κ1) is 9.58. The molecule has 2 heterocycles. The van der Waals surface area contributed by atoms with E-state index in [1.54, 1.807) is 10.9 Å². The molecule has 0 radical (unpaired) electrons. The fraction of sp³-hybridized carbons (Fsp3) is 0.182. The highest BCUT2D eigenvalue weighted by Gasteiger charge is 1.92. The summed E-state index contributed by atoms with van der Waals surface area (Å²) in [5.41, 5.74) is 0. The lowest BCUT2D eigenvalue weighted by atomic mass is 10.4. The largest absolute Gasteiger partial charge is 0.465 e. The maximum Gasteiger partial charge on any atom is 0.148 e. The standard InChI is InChI=1S/C11H13N3O/c1-14-8-6-11(13-14)12-7-2-4-10-5-3-9-15-10/h2-6,8-9H,7H2,1H3,(H,12,13)/b4-2+. The first-order valence-corrected chi connectivity index (χ1v) is 4.78. The van der Waals surface area contributed by atoms with E-state index >= 15 is 0 Å². The van der Waals surface area contributed by atoms with Crippen LogP contribution in [0.15, 0.2) is 41.2 Å². The first-order chi connectivity index (χ1) is 7.34. The second-order valence-corrected chi connectivity index (χ2v) is 3.17. The highest BCUT2D eigenvalue weighted by atomic mass is 16.3. The Bertz CT molecular complexity index is 428. The summed E-state index contributed by atoms with van der Waals surface area (Å²) in [4.78, 5) is 0. The number of rotatable bonds is 4. The van der Waals surface area contributed by atoms with E-state index in [2.05, 4.69) is 10.4 Å². The monoisotopic (exact) mass is 203 g/mol. The minimum Gasteiger partial charge on any atom is -0.465 e. The van der Waals surface area contributed by atoms with Gasteiger partial charge in [-0.3, -0.25) is 4.68 Å². The van der Waals surface area contributed by atoms with Gasteiger partial charge in [0.2, 0.25) is 0 Å². The summed E-state index contributed by atoms with van der Waals surface area (Å²) in [6.07, 6.45) is 7.48. The van der Waals surface area contributed by atoms with Crippen LogP contribution in [0.4, 0.5) is 5.82 Å². The number of hydrogen-bond acceptors (Lipinski definition) is 3. The number of nitrogens with one attached hydrogen (secondary N) is 1. The Labute approximate surface area is 88.2 Å². The van der Waals surface area contributed by atoms with E-state index in [0.29, 0.717) is 0 Å². The van der Waals surface area contributed by atoms with Gasteiger partial charge < -0.3 is 9.73 Å². The van der Waals surface area contributed by atoms with E-state index in [1.165, 1.54) is 0 Å². The summed E-state index contributed by atoms with van der Waals surface area (Å²) in [6.45, 7) is 0.734. The molecule has 0 bridgehead atoms. The maximum atomic E-state index is 5.16. The van der Waals surface area contributed by atoms with Gasteiger partial charge in [-0.05, 0) is 18.2 Å². The predicted molar refractivity (Wildman–Crippen MR) is 59.4 cm³/mol. The Balaban J connectivity index is 1.80. The molecule has 0 saturated carbocycles. The quantitative estimate of drug-likeness (QED) is 0.827. The molecule has 0 spiro atoms. The molecule has 2 aromatic heterocycles. The zero-order valence-electron chi connectivity index (χ0n) is 8.55. The lowest BCUT2D eigenvalue weighted by Crippen LogP contribution is -1.99. The van der Waals surface area contributed by atoms with Crippen molar-refractivity contribution < 1.29 is 4.42 Å². The van der Waals surface area contributed by atoms with Crippen LogP contribution in [0.5, 0.6) is 0 Å². The third-order valence-corrected chi connectivity index (χ3v) is 1.94. The Hall–Kier alpha value is -1.97. The van der Waals surface area contributed by atoms with E-state index in [4.69, 9.17) is 4.42 Å². The summed E-state index contributed by atoms with van der Waals surface area (Å²) in [5, 5.41) is 7.36. The fourth-order valence-corrected chi connectivity index (χ4v) is 1.23. The van der Waals surface area contributed by atoms with Gasteiger partial charge in [0, 0.05) is 25.9 Å². The second kappa shape index (κ2) is 4.50. The smallest absolute Gasteiger partial charge is 0.148 e. The molecule has 15 heavy (non-hydrogen) atoms. The van der Waals surface area contributed by atoms with Crippen LogP contribution in [0.2, 0.25) is 0 Å². The van der Waals surface area contributed by atoms with E-state index in [0.717, 1.165) is 18.1 Å². The Morgan fingerprint density at radius 2 is 2.47 bits per heavy atom. The number of furan rings is 1. The summed E-state index contributed by atoms with van der Waals surface area (Å²) in [5.74, 6) is 1.74. The van der Waals surface area contributed by atoms with E-state index in [1.807, 2.05) is 43.6 Å². The summed E-state index contributed by atoms with van der Waals surface area (Å²) in [6, 6.07) is 5.71. The molecule has 0 atom stereocenters. The molecule has 0 aliphatic carbocycles. The van der Waals surface area contributed by atoms with Crippen LogP contribution >= 0.6 is 0 Å². The zero-order valence-corrected chi connectivity index (χ0v) is 8.55. The molecule has 78 valence electrons. The topological polar surface area (TPSA) is 43.0 Å². The molecule has 0 aromatic carbocycles. The Morgan fingerprint density at radius 3 is 3.13 bits per heavy atom. The number of aryl methyl sites for hydroxylation is 1. The number of aromatic nitrogens is 2. The molecule has 0 aliphatic rings. The minimum absolute atomic E-state index is 0.734. The van der Waals surface area contributed by atoms with E-state index < -0.39 is 0 Å². The molecule has 0 aliphatic heterocycles. The van der Waals surface area contributed by atoms with Crippen LogP contribution in [-0.4, -0.2) is 16.3 Å². The van der Waals surface area contributed by atoms with E-state index in [-0.39, 0.29) is 0 Å². The third-order valence-electron chi connectivity index (χ3n) is 1.94. The molecule has 0 fully saturated rings. The summed E-state index contributed by atoms with van der Waals surface area (Å²) < 4.78 is 6.92. The van der Waals surface area contributed by atoms with Crippen molar-refractivity contribution in [3.05, 3.63) is 42.5 Å². The summed E-state index contributed by atoms with van der Waals surface area (Å²) in [7, 11) is 1.89. The van der Waals surface area contributed by atoms with Crippen molar-refractivity contribution in [1.82, 2.24) is 9.78 Å². The molecular formula is C11H13N3O. The number of hydrogen-bond donors (Lipinski definition) is 1. The van der Waals surface area contributed by atoms with Gasteiger partial charge in [-0.2, -0.15) is 5.10 Å². The average Bonchev–Trinajstić information content (AvgIpc) is 2.84. The average molecular weight is 203 g/mol. The van der Waals surface area contributed by atoms with Crippen molar-refractivity contribution >= 4 is 11.9 Å². The molecule has 1 N–H and O–H groups in total. The van der Waals surface area contributed by atoms with Gasteiger partial charge in [-0.15, -0.1) is 0 Å². The van der Waals surface area contributed by atoms with Gasteiger partial charge in [0.25, 0.3) is 0 Å². The van der Waals surface area contributed by atoms with Crippen molar-refractivity contribution in [3.63, 3.8) is 0 Å². The molecule has 4 nitrogen and oxygen atoms in total. The van der Waals surface area contributed by atoms with Crippen LogP contribution in [0, 0.1) is 0 Å². The van der Waals surface area contributed by atoms with Crippen LogP contribution < -0.4 is 5.32 Å². The molecule has 0 saturated heterocycles. The first-order valence-electron chi connectivity index (χ1n) is 4.78. The maximum absolute atomic E-state index is 5.16. The van der Waals surface area contributed by atoms with Crippen molar-refractivity contribution in [3.8, 4) is 0 Å². The molecular weight excluding hydrogens is 190 g/mol. The number of anilines is 1. The lowest BCUT2D eigenvalue weighted by Gasteiger charge is -1.96. The Morgan fingerprint density at radius 1 is 1.53 bits per heavy atom. The Kier molecular flexibility index (Phi) is 2.88. The highest BCUT2D eigenvalue weighted by Crippen LogP contribution is 2.03. The second-order valence-electron chi connectivity index (χ2n) is 3.17. The fourth-order valence-electron chi connectivity index (χ4n) is 1.23. The molecule has 2 aromatic rings. The van der Waals surface area contributed by atoms with Crippen LogP contribution in [0.3, 0.4) is 0 Å². The van der Waals surface area contributed by atoms with Crippen molar-refractivity contribution in [1.29, 1.82) is 0 Å². The van der Waals surface area contributed by atoms with Gasteiger partial charge in [-0.25, -0.2) is 0 Å². The summed E-state index contributed by atoms with van der Waals surface area (Å²) >= 11 is 0. The minimum atomic E-state index is 0.734. The van der Waals surface area contributed by atoms with Crippen molar-refractivity contribution in [2.75, 3.05) is 11.9 Å². The van der Waals surface area contributed by atoms with Gasteiger partial charge in [-0.1, -0.05) is 6.08 Å². The van der Waals surface area contributed by atoms with Crippen LogP contribution in [-0.2, 0) is 7.05 Å². The zero-order chi connectivity index (χ0) is 10.5. The molecule has 0 unspecified atom stereocenters. The van der Waals surface area contributed by atoms with Gasteiger partial charge >= 0.3 is 0 Å².